The van der Waals surface area contributed by atoms with Crippen molar-refractivity contribution in [3.8, 4) is 0 Å². The zero-order valence-corrected chi connectivity index (χ0v) is 7.83. The minimum Gasteiger partial charge on any atom is -0.465 e. The third kappa shape index (κ3) is 1.41. The number of imide groups is 1. The third-order valence-electron chi connectivity index (χ3n) is 2.09. The van der Waals surface area contributed by atoms with Crippen LogP contribution in [0.2, 0.25) is 0 Å². The van der Waals surface area contributed by atoms with Crippen LogP contribution >= 0.6 is 0 Å². The molecule has 0 aliphatic carbocycles. The van der Waals surface area contributed by atoms with Gasteiger partial charge in [-0.1, -0.05) is 6.08 Å². The molecule has 1 heterocycles. The van der Waals surface area contributed by atoms with E-state index in [1.807, 2.05) is 5.32 Å². The van der Waals surface area contributed by atoms with Crippen molar-refractivity contribution in [3.05, 3.63) is 12.7 Å². The fourth-order valence-electron chi connectivity index (χ4n) is 1.29. The SMILES string of the molecule is C=C[C@]1(C(=O)OCC)CC(=O)NC1=O. The Bertz CT molecular complexity index is 310. The second kappa shape index (κ2) is 3.61. The number of hydrogen-bond acceptors (Lipinski definition) is 4. The average molecular weight is 197 g/mol. The summed E-state index contributed by atoms with van der Waals surface area (Å²) in [7, 11) is 0. The van der Waals surface area contributed by atoms with Gasteiger partial charge in [-0.25, -0.2) is 0 Å². The van der Waals surface area contributed by atoms with Crippen LogP contribution in [-0.4, -0.2) is 24.4 Å². The molecule has 1 saturated heterocycles. The molecule has 1 atom stereocenters. The van der Waals surface area contributed by atoms with Crippen molar-refractivity contribution in [3.63, 3.8) is 0 Å². The van der Waals surface area contributed by atoms with Gasteiger partial charge in [0.25, 0.3) is 0 Å². The van der Waals surface area contributed by atoms with Crippen molar-refractivity contribution in [2.45, 2.75) is 13.3 Å². The van der Waals surface area contributed by atoms with Crippen LogP contribution in [0, 0.1) is 5.41 Å². The van der Waals surface area contributed by atoms with E-state index in [9.17, 15) is 14.4 Å². The van der Waals surface area contributed by atoms with E-state index < -0.39 is 23.2 Å². The normalized spacial score (nSPS) is 25.8. The number of carbonyl (C=O) groups is 3. The Hall–Kier alpha value is -1.65. The maximum atomic E-state index is 11.4. The lowest BCUT2D eigenvalue weighted by Gasteiger charge is -2.17. The Morgan fingerprint density at radius 3 is 2.71 bits per heavy atom. The molecular weight excluding hydrogens is 186 g/mol. The third-order valence-corrected chi connectivity index (χ3v) is 2.09. The molecule has 0 aromatic carbocycles. The van der Waals surface area contributed by atoms with Crippen LogP contribution in [0.25, 0.3) is 0 Å². The van der Waals surface area contributed by atoms with E-state index >= 15 is 0 Å². The highest BCUT2D eigenvalue weighted by molar-refractivity contribution is 6.17. The molecule has 0 spiro atoms. The molecule has 0 radical (unpaired) electrons. The van der Waals surface area contributed by atoms with E-state index in [0.29, 0.717) is 0 Å². The largest absolute Gasteiger partial charge is 0.465 e. The fourth-order valence-corrected chi connectivity index (χ4v) is 1.29. The number of carbonyl (C=O) groups excluding carboxylic acids is 3. The van der Waals surface area contributed by atoms with Gasteiger partial charge >= 0.3 is 5.97 Å². The smallest absolute Gasteiger partial charge is 0.326 e. The van der Waals surface area contributed by atoms with Crippen molar-refractivity contribution in [1.29, 1.82) is 0 Å². The van der Waals surface area contributed by atoms with E-state index in [-0.39, 0.29) is 13.0 Å². The molecule has 0 saturated carbocycles. The number of nitrogens with one attached hydrogen (secondary N) is 1. The summed E-state index contributed by atoms with van der Waals surface area (Å²) in [5, 5.41) is 2.05. The van der Waals surface area contributed by atoms with Gasteiger partial charge in [-0.05, 0) is 6.92 Å². The molecule has 5 nitrogen and oxygen atoms in total. The summed E-state index contributed by atoms with van der Waals surface area (Å²) in [5.74, 6) is -1.86. The van der Waals surface area contributed by atoms with Crippen molar-refractivity contribution in [2.24, 2.45) is 5.41 Å². The number of ether oxygens (including phenoxy) is 1. The molecule has 2 amide bonds. The van der Waals surface area contributed by atoms with Crippen LogP contribution < -0.4 is 5.32 Å². The first-order valence-electron chi connectivity index (χ1n) is 4.22. The quantitative estimate of drug-likeness (QED) is 0.293. The second-order valence-corrected chi connectivity index (χ2v) is 2.95. The van der Waals surface area contributed by atoms with Crippen LogP contribution in [0.15, 0.2) is 12.7 Å². The van der Waals surface area contributed by atoms with Gasteiger partial charge in [-0.15, -0.1) is 6.58 Å². The lowest BCUT2D eigenvalue weighted by molar-refractivity contribution is -0.155. The Morgan fingerprint density at radius 1 is 1.71 bits per heavy atom. The standard InChI is InChI=1S/C9H11NO4/c1-3-9(8(13)14-4-2)5-6(11)10-7(9)12/h3H,1,4-5H2,2H3,(H,10,11,12)/t9-/m0/s1. The molecule has 76 valence electrons. The maximum absolute atomic E-state index is 11.4. The van der Waals surface area contributed by atoms with Gasteiger partial charge in [0, 0.05) is 0 Å². The molecule has 1 N–H and O–H groups in total. The van der Waals surface area contributed by atoms with Gasteiger partial charge in [0.15, 0.2) is 5.41 Å². The Morgan fingerprint density at radius 2 is 2.36 bits per heavy atom. The minimum absolute atomic E-state index is 0.163. The number of esters is 1. The molecule has 1 aliphatic rings. The van der Waals surface area contributed by atoms with Crippen LogP contribution in [0.4, 0.5) is 0 Å². The van der Waals surface area contributed by atoms with Gasteiger partial charge in [-0.2, -0.15) is 0 Å². The number of amides is 2. The molecule has 5 heteroatoms. The van der Waals surface area contributed by atoms with E-state index in [0.717, 1.165) is 6.08 Å². The first-order valence-corrected chi connectivity index (χ1v) is 4.22. The lowest BCUT2D eigenvalue weighted by atomic mass is 9.86. The van der Waals surface area contributed by atoms with Crippen molar-refractivity contribution < 1.29 is 19.1 Å². The van der Waals surface area contributed by atoms with Crippen LogP contribution in [0.3, 0.4) is 0 Å². The molecule has 1 aliphatic heterocycles. The number of rotatable bonds is 3. The lowest BCUT2D eigenvalue weighted by Crippen LogP contribution is -2.38. The van der Waals surface area contributed by atoms with Gasteiger partial charge in [0.05, 0.1) is 13.0 Å². The Kier molecular flexibility index (Phi) is 2.69. The summed E-state index contributed by atoms with van der Waals surface area (Å²) in [4.78, 5) is 33.7. The first kappa shape index (κ1) is 10.4. The van der Waals surface area contributed by atoms with Gasteiger partial charge in [0.2, 0.25) is 11.8 Å². The minimum atomic E-state index is -1.52. The van der Waals surface area contributed by atoms with Gasteiger partial charge in [-0.3, -0.25) is 19.7 Å². The van der Waals surface area contributed by atoms with E-state index in [1.165, 1.54) is 0 Å². The summed E-state index contributed by atoms with van der Waals surface area (Å²) in [6.07, 6.45) is 0.944. The summed E-state index contributed by atoms with van der Waals surface area (Å²) in [5.41, 5.74) is -1.52. The van der Waals surface area contributed by atoms with Crippen LogP contribution in [-0.2, 0) is 19.1 Å². The molecule has 14 heavy (non-hydrogen) atoms. The van der Waals surface area contributed by atoms with E-state index in [2.05, 4.69) is 6.58 Å². The molecule has 0 unspecified atom stereocenters. The van der Waals surface area contributed by atoms with Crippen molar-refractivity contribution >= 4 is 17.8 Å². The van der Waals surface area contributed by atoms with Crippen LogP contribution in [0.1, 0.15) is 13.3 Å². The van der Waals surface area contributed by atoms with Crippen molar-refractivity contribution in [1.82, 2.24) is 5.32 Å². The summed E-state index contributed by atoms with van der Waals surface area (Å²) in [6, 6.07) is 0. The van der Waals surface area contributed by atoms with E-state index in [1.54, 1.807) is 6.92 Å². The highest BCUT2D eigenvalue weighted by Crippen LogP contribution is 2.30. The van der Waals surface area contributed by atoms with Crippen LogP contribution in [0.5, 0.6) is 0 Å². The first-order chi connectivity index (χ1) is 6.56. The zero-order valence-electron chi connectivity index (χ0n) is 7.83. The fraction of sp³-hybridized carbons (Fsp3) is 0.444. The molecular formula is C9H11NO4. The predicted octanol–water partition coefficient (Wildman–Crippen LogP) is -0.232. The maximum Gasteiger partial charge on any atom is 0.326 e. The highest BCUT2D eigenvalue weighted by Gasteiger charge is 2.51. The molecule has 1 rings (SSSR count). The Labute approximate surface area is 81.1 Å². The second-order valence-electron chi connectivity index (χ2n) is 2.95. The summed E-state index contributed by atoms with van der Waals surface area (Å²) >= 11 is 0. The topological polar surface area (TPSA) is 72.5 Å². The predicted molar refractivity (Wildman–Crippen MR) is 47.0 cm³/mol. The highest BCUT2D eigenvalue weighted by atomic mass is 16.5. The zero-order chi connectivity index (χ0) is 10.8. The van der Waals surface area contributed by atoms with Gasteiger partial charge in [0.1, 0.15) is 0 Å². The summed E-state index contributed by atoms with van der Waals surface area (Å²) < 4.78 is 4.72. The van der Waals surface area contributed by atoms with E-state index in [4.69, 9.17) is 4.74 Å². The van der Waals surface area contributed by atoms with Gasteiger partial charge < -0.3 is 4.74 Å². The Balaban J connectivity index is 2.97. The molecule has 0 aromatic heterocycles. The molecule has 0 bridgehead atoms. The molecule has 0 aromatic rings. The summed E-state index contributed by atoms with van der Waals surface area (Å²) in [6.45, 7) is 5.18. The molecule has 1 fully saturated rings. The average Bonchev–Trinajstić information content (AvgIpc) is 2.42. The van der Waals surface area contributed by atoms with Crippen molar-refractivity contribution in [2.75, 3.05) is 6.61 Å². The monoisotopic (exact) mass is 197 g/mol. The number of hydrogen-bond donors (Lipinski definition) is 1.